The highest BCUT2D eigenvalue weighted by Gasteiger charge is 2.20. The highest BCUT2D eigenvalue weighted by atomic mass is 32.1. The van der Waals surface area contributed by atoms with Crippen molar-refractivity contribution in [3.8, 4) is 0 Å². The molecule has 0 aromatic heterocycles. The van der Waals surface area contributed by atoms with Gasteiger partial charge >= 0.3 is 11.9 Å². The van der Waals surface area contributed by atoms with E-state index in [4.69, 9.17) is 10.2 Å². The molecule has 0 fully saturated rings. The van der Waals surface area contributed by atoms with E-state index < -0.39 is 21.9 Å². The summed E-state index contributed by atoms with van der Waals surface area (Å²) in [6, 6.07) is 0. The van der Waals surface area contributed by atoms with E-state index in [1.807, 2.05) is 0 Å². The molecule has 6 heteroatoms. The fourth-order valence-electron chi connectivity index (χ4n) is 0.175. The zero-order valence-electron chi connectivity index (χ0n) is 8.39. The molecule has 0 aliphatic carbocycles. The van der Waals surface area contributed by atoms with Crippen molar-refractivity contribution in [2.24, 2.45) is 0 Å². The summed E-state index contributed by atoms with van der Waals surface area (Å²) in [4.78, 5) is 19.8. The van der Waals surface area contributed by atoms with Crippen LogP contribution in [0.1, 0.15) is 27.2 Å². The number of hydrogen-bond donors (Lipinski definition) is 4. The number of carboxylic acid groups (broad SMARTS) is 2. The first-order valence-electron chi connectivity index (χ1n) is 3.99. The smallest absolute Gasteiger partial charge is 0.318 e. The summed E-state index contributed by atoms with van der Waals surface area (Å²) in [5, 5.41) is 15.8. The molecule has 0 bridgehead atoms. The first kappa shape index (κ1) is 16.1. The van der Waals surface area contributed by atoms with E-state index in [1.165, 1.54) is 13.8 Å². The molecule has 0 radical (unpaired) electrons. The Balaban J connectivity index is 0. The lowest BCUT2D eigenvalue weighted by Gasteiger charge is -2.07. The quantitative estimate of drug-likeness (QED) is 0.565. The molecule has 0 aromatic carbocycles. The van der Waals surface area contributed by atoms with Crippen LogP contribution in [0.5, 0.6) is 0 Å². The van der Waals surface area contributed by atoms with Crippen molar-refractivity contribution < 1.29 is 19.8 Å². The lowest BCUT2D eigenvalue weighted by atomic mass is 10.2. The molecule has 0 amide bonds. The third-order valence-electron chi connectivity index (χ3n) is 1.20. The summed E-state index contributed by atoms with van der Waals surface area (Å²) >= 11 is 7.48. The van der Waals surface area contributed by atoms with Gasteiger partial charge in [-0.05, 0) is 20.3 Å². The van der Waals surface area contributed by atoms with Gasteiger partial charge in [0.2, 0.25) is 0 Å². The Morgan fingerprint density at radius 1 is 1.36 bits per heavy atom. The van der Waals surface area contributed by atoms with Crippen LogP contribution in [0.25, 0.3) is 0 Å². The first-order valence-corrected chi connectivity index (χ1v) is 4.95. The van der Waals surface area contributed by atoms with Crippen LogP contribution in [-0.2, 0) is 9.59 Å². The Bertz CT molecular complexity index is 198. The Kier molecular flexibility index (Phi) is 8.04. The third kappa shape index (κ3) is 9.73. The summed E-state index contributed by atoms with van der Waals surface area (Å²) in [6.07, 6.45) is 0.582. The third-order valence-corrected chi connectivity index (χ3v) is 1.97. The summed E-state index contributed by atoms with van der Waals surface area (Å²) in [6.45, 7) is 4.84. The number of carbonyl (C=O) groups is 2. The molecule has 14 heavy (non-hydrogen) atoms. The molecule has 0 rings (SSSR count). The van der Waals surface area contributed by atoms with Crippen molar-refractivity contribution in [2.45, 2.75) is 37.2 Å². The van der Waals surface area contributed by atoms with E-state index >= 15 is 0 Å². The fraction of sp³-hybridized carbons (Fsp3) is 0.750. The van der Waals surface area contributed by atoms with Crippen LogP contribution in [0.2, 0.25) is 0 Å². The molecule has 0 aliphatic heterocycles. The van der Waals surface area contributed by atoms with Gasteiger partial charge in [-0.1, -0.05) is 6.92 Å². The minimum atomic E-state index is -0.893. The molecule has 0 heterocycles. The van der Waals surface area contributed by atoms with Crippen LogP contribution in [-0.4, -0.2) is 32.1 Å². The van der Waals surface area contributed by atoms with Gasteiger partial charge in [0.15, 0.2) is 0 Å². The van der Waals surface area contributed by atoms with Crippen molar-refractivity contribution in [3.05, 3.63) is 0 Å². The van der Waals surface area contributed by atoms with E-state index in [0.717, 1.165) is 0 Å². The maximum absolute atomic E-state index is 9.94. The molecule has 84 valence electrons. The maximum atomic E-state index is 9.94. The lowest BCUT2D eigenvalue weighted by molar-refractivity contribution is -0.139. The van der Waals surface area contributed by atoms with E-state index in [2.05, 4.69) is 25.3 Å². The lowest BCUT2D eigenvalue weighted by Crippen LogP contribution is -2.23. The topological polar surface area (TPSA) is 74.6 Å². The summed E-state index contributed by atoms with van der Waals surface area (Å²) < 4.78 is -0.889. The molecular weight excluding hydrogens is 224 g/mol. The summed E-state index contributed by atoms with van der Waals surface area (Å²) in [5.74, 6) is -1.73. The van der Waals surface area contributed by atoms with Gasteiger partial charge in [0, 0.05) is 0 Å². The van der Waals surface area contributed by atoms with Crippen molar-refractivity contribution in [3.63, 3.8) is 0 Å². The minimum Gasteiger partial charge on any atom is -0.480 e. The van der Waals surface area contributed by atoms with Crippen molar-refractivity contribution in [1.82, 2.24) is 0 Å². The van der Waals surface area contributed by atoms with Crippen molar-refractivity contribution in [1.29, 1.82) is 0 Å². The second kappa shape index (κ2) is 7.00. The van der Waals surface area contributed by atoms with Crippen LogP contribution < -0.4 is 0 Å². The molecule has 1 unspecified atom stereocenters. The van der Waals surface area contributed by atoms with Crippen LogP contribution in [0, 0.1) is 0 Å². The molecule has 0 spiro atoms. The molecular formula is C8H16O4S2. The summed E-state index contributed by atoms with van der Waals surface area (Å²) in [5.41, 5.74) is 0. The SMILES string of the molecule is CC(C)(S)C(=O)O.CCC(S)C(=O)O. The van der Waals surface area contributed by atoms with Crippen molar-refractivity contribution in [2.75, 3.05) is 0 Å². The molecule has 0 saturated heterocycles. The van der Waals surface area contributed by atoms with Gasteiger partial charge in [-0.15, -0.1) is 0 Å². The molecule has 1 atom stereocenters. The van der Waals surface area contributed by atoms with Gasteiger partial charge in [-0.2, -0.15) is 25.3 Å². The van der Waals surface area contributed by atoms with Gasteiger partial charge in [0.1, 0.15) is 4.75 Å². The Hall–Kier alpha value is -0.360. The minimum absolute atomic E-state index is 0.486. The van der Waals surface area contributed by atoms with Gasteiger partial charge in [0.05, 0.1) is 5.25 Å². The molecule has 2 N–H and O–H groups in total. The van der Waals surface area contributed by atoms with Crippen LogP contribution in [0.15, 0.2) is 0 Å². The number of aliphatic carboxylic acids is 2. The van der Waals surface area contributed by atoms with E-state index in [-0.39, 0.29) is 0 Å². The normalized spacial score (nSPS) is 12.4. The Labute approximate surface area is 94.5 Å². The van der Waals surface area contributed by atoms with Gasteiger partial charge in [-0.3, -0.25) is 9.59 Å². The second-order valence-electron chi connectivity index (χ2n) is 3.13. The van der Waals surface area contributed by atoms with Gasteiger partial charge in [-0.25, -0.2) is 0 Å². The van der Waals surface area contributed by atoms with E-state index in [9.17, 15) is 9.59 Å². The van der Waals surface area contributed by atoms with E-state index in [1.54, 1.807) is 6.92 Å². The standard InChI is InChI=1S/2C4H8O2S/c1-4(2,7)3(5)6;1-2-3(7)4(5)6/h7H,1-2H3,(H,5,6);3,7H,2H2,1H3,(H,5,6). The summed E-state index contributed by atoms with van der Waals surface area (Å²) in [7, 11) is 0. The van der Waals surface area contributed by atoms with Gasteiger partial charge in [0.25, 0.3) is 0 Å². The number of rotatable bonds is 3. The second-order valence-corrected chi connectivity index (χ2v) is 4.87. The molecule has 0 aliphatic rings. The Morgan fingerprint density at radius 2 is 1.64 bits per heavy atom. The maximum Gasteiger partial charge on any atom is 0.318 e. The van der Waals surface area contributed by atoms with Crippen molar-refractivity contribution >= 4 is 37.2 Å². The predicted octanol–water partition coefficient (Wildman–Crippen LogP) is 1.56. The Morgan fingerprint density at radius 3 is 1.64 bits per heavy atom. The number of hydrogen-bond acceptors (Lipinski definition) is 4. The van der Waals surface area contributed by atoms with Crippen LogP contribution in [0.3, 0.4) is 0 Å². The molecule has 4 nitrogen and oxygen atoms in total. The zero-order chi connectivity index (χ0) is 11.9. The molecule has 0 saturated carbocycles. The van der Waals surface area contributed by atoms with Crippen LogP contribution >= 0.6 is 25.3 Å². The average Bonchev–Trinajstić information content (AvgIpc) is 2.02. The first-order chi connectivity index (χ1) is 6.12. The van der Waals surface area contributed by atoms with E-state index in [0.29, 0.717) is 6.42 Å². The number of thiol groups is 2. The monoisotopic (exact) mass is 240 g/mol. The molecule has 0 aromatic rings. The average molecular weight is 240 g/mol. The van der Waals surface area contributed by atoms with Crippen LogP contribution in [0.4, 0.5) is 0 Å². The van der Waals surface area contributed by atoms with Gasteiger partial charge < -0.3 is 10.2 Å². The zero-order valence-corrected chi connectivity index (χ0v) is 10.2. The fourth-order valence-corrected chi connectivity index (χ4v) is 0.175. The largest absolute Gasteiger partial charge is 0.480 e. The predicted molar refractivity (Wildman–Crippen MR) is 61.4 cm³/mol. The number of carboxylic acids is 2. The highest BCUT2D eigenvalue weighted by Crippen LogP contribution is 2.10. The highest BCUT2D eigenvalue weighted by molar-refractivity contribution is 7.82.